The molecule has 0 bridgehead atoms. The number of nitriles is 1. The van der Waals surface area contributed by atoms with Crippen LogP contribution < -0.4 is 5.32 Å². The van der Waals surface area contributed by atoms with Crippen LogP contribution in [0, 0.1) is 18.3 Å². The molecule has 108 valence electrons. The van der Waals surface area contributed by atoms with Gasteiger partial charge in [-0.05, 0) is 32.9 Å². The number of nitrogens with zero attached hydrogens (tertiary/aromatic N) is 2. The molecule has 0 saturated carbocycles. The number of aromatic nitrogens is 1. The molecular weight excluding hydrogens is 262 g/mol. The van der Waals surface area contributed by atoms with Crippen molar-refractivity contribution in [3.8, 4) is 6.07 Å². The third kappa shape index (κ3) is 2.82. The Labute approximate surface area is 124 Å². The normalized spacial score (nSPS) is 11.7. The lowest BCUT2D eigenvalue weighted by Crippen LogP contribution is -2.30. The molecule has 0 aliphatic heterocycles. The van der Waals surface area contributed by atoms with E-state index in [0.717, 1.165) is 22.2 Å². The van der Waals surface area contributed by atoms with E-state index in [4.69, 9.17) is 0 Å². The van der Waals surface area contributed by atoms with Crippen molar-refractivity contribution >= 4 is 22.9 Å². The fourth-order valence-electron chi connectivity index (χ4n) is 2.37. The Balaban J connectivity index is 2.56. The molecule has 0 saturated heterocycles. The van der Waals surface area contributed by atoms with E-state index < -0.39 is 0 Å². The topological polar surface area (TPSA) is 57.8 Å². The number of nitrogens with one attached hydrogen (secondary N) is 1. The molecule has 1 heterocycles. The van der Waals surface area contributed by atoms with Crippen molar-refractivity contribution in [2.45, 2.75) is 26.8 Å². The molecule has 0 radical (unpaired) electrons. The molecule has 4 nitrogen and oxygen atoms in total. The van der Waals surface area contributed by atoms with E-state index in [0.29, 0.717) is 0 Å². The zero-order valence-corrected chi connectivity index (χ0v) is 12.8. The van der Waals surface area contributed by atoms with E-state index in [9.17, 15) is 10.1 Å². The largest absolute Gasteiger partial charge is 0.349 e. The lowest BCUT2D eigenvalue weighted by atomic mass is 10.1. The molecule has 0 atom stereocenters. The van der Waals surface area contributed by atoms with Gasteiger partial charge < -0.3 is 9.88 Å². The zero-order valence-electron chi connectivity index (χ0n) is 12.8. The van der Waals surface area contributed by atoms with Crippen molar-refractivity contribution < 1.29 is 4.79 Å². The second-order valence-corrected chi connectivity index (χ2v) is 5.37. The average molecular weight is 281 g/mol. The fraction of sp³-hybridized carbons (Fsp3) is 0.294. The monoisotopic (exact) mass is 281 g/mol. The minimum absolute atomic E-state index is 0.00265. The highest BCUT2D eigenvalue weighted by molar-refractivity contribution is 6.04. The fourth-order valence-corrected chi connectivity index (χ4v) is 2.37. The summed E-state index contributed by atoms with van der Waals surface area (Å²) in [7, 11) is 1.98. The van der Waals surface area contributed by atoms with Crippen LogP contribution in [0.2, 0.25) is 0 Å². The minimum atomic E-state index is -0.333. The van der Waals surface area contributed by atoms with Crippen molar-refractivity contribution in [2.24, 2.45) is 7.05 Å². The molecule has 0 unspecified atom stereocenters. The third-order valence-electron chi connectivity index (χ3n) is 3.52. The van der Waals surface area contributed by atoms with Crippen molar-refractivity contribution in [2.75, 3.05) is 0 Å². The van der Waals surface area contributed by atoms with E-state index in [1.54, 1.807) is 6.08 Å². The number of para-hydroxylation sites is 1. The molecule has 1 amide bonds. The summed E-state index contributed by atoms with van der Waals surface area (Å²) in [4.78, 5) is 12.0. The number of benzene rings is 1. The highest BCUT2D eigenvalue weighted by atomic mass is 16.1. The second kappa shape index (κ2) is 5.84. The maximum Gasteiger partial charge on any atom is 0.262 e. The van der Waals surface area contributed by atoms with Gasteiger partial charge in [0.15, 0.2) is 0 Å². The maximum absolute atomic E-state index is 12.0. The van der Waals surface area contributed by atoms with Crippen molar-refractivity contribution in [1.82, 2.24) is 9.88 Å². The van der Waals surface area contributed by atoms with Crippen LogP contribution in [-0.2, 0) is 11.8 Å². The van der Waals surface area contributed by atoms with Gasteiger partial charge in [0, 0.05) is 35.2 Å². The van der Waals surface area contributed by atoms with E-state index in [-0.39, 0.29) is 17.5 Å². The van der Waals surface area contributed by atoms with Crippen LogP contribution in [0.3, 0.4) is 0 Å². The van der Waals surface area contributed by atoms with Crippen LogP contribution in [-0.4, -0.2) is 16.5 Å². The molecule has 1 aromatic carbocycles. The Morgan fingerprint density at radius 3 is 2.67 bits per heavy atom. The quantitative estimate of drug-likeness (QED) is 0.694. The molecule has 21 heavy (non-hydrogen) atoms. The summed E-state index contributed by atoms with van der Waals surface area (Å²) in [6.07, 6.45) is 1.68. The summed E-state index contributed by atoms with van der Waals surface area (Å²) in [5.74, 6) is -0.333. The van der Waals surface area contributed by atoms with Crippen molar-refractivity contribution in [1.29, 1.82) is 5.26 Å². The van der Waals surface area contributed by atoms with Gasteiger partial charge in [0.1, 0.15) is 11.6 Å². The van der Waals surface area contributed by atoms with Gasteiger partial charge in [-0.3, -0.25) is 4.79 Å². The summed E-state index contributed by atoms with van der Waals surface area (Å²) in [5.41, 5.74) is 3.16. The van der Waals surface area contributed by atoms with Crippen LogP contribution in [0.5, 0.6) is 0 Å². The summed E-state index contributed by atoms with van der Waals surface area (Å²) in [5, 5.41) is 13.1. The molecular formula is C17H19N3O. The molecule has 0 fully saturated rings. The van der Waals surface area contributed by atoms with Gasteiger partial charge in [-0.1, -0.05) is 18.2 Å². The number of carbonyl (C=O) groups excluding carboxylic acids is 1. The van der Waals surface area contributed by atoms with Gasteiger partial charge in [0.25, 0.3) is 5.91 Å². The molecule has 2 aromatic rings. The highest BCUT2D eigenvalue weighted by Gasteiger charge is 2.14. The number of hydrogen-bond donors (Lipinski definition) is 1. The summed E-state index contributed by atoms with van der Waals surface area (Å²) >= 11 is 0. The Morgan fingerprint density at radius 2 is 2.05 bits per heavy atom. The predicted molar refractivity (Wildman–Crippen MR) is 84.5 cm³/mol. The number of rotatable bonds is 3. The molecule has 2 rings (SSSR count). The van der Waals surface area contributed by atoms with Gasteiger partial charge in [-0.2, -0.15) is 5.26 Å². The highest BCUT2D eigenvalue weighted by Crippen LogP contribution is 2.26. The van der Waals surface area contributed by atoms with Gasteiger partial charge in [0.2, 0.25) is 0 Å². The van der Waals surface area contributed by atoms with Gasteiger partial charge >= 0.3 is 0 Å². The first-order valence-corrected chi connectivity index (χ1v) is 6.92. The Kier molecular flexibility index (Phi) is 4.13. The lowest BCUT2D eigenvalue weighted by molar-refractivity contribution is -0.117. The van der Waals surface area contributed by atoms with E-state index in [2.05, 4.69) is 9.88 Å². The SMILES string of the molecule is Cc1c(/C=C(/C#N)C(=O)NC(C)C)c2ccccc2n1C. The van der Waals surface area contributed by atoms with Crippen LogP contribution in [0.4, 0.5) is 0 Å². The molecule has 4 heteroatoms. The summed E-state index contributed by atoms with van der Waals surface area (Å²) in [6, 6.07) is 9.97. The molecule has 1 N–H and O–H groups in total. The van der Waals surface area contributed by atoms with Crippen molar-refractivity contribution in [3.05, 3.63) is 41.1 Å². The number of amides is 1. The van der Waals surface area contributed by atoms with Crippen LogP contribution in [0.1, 0.15) is 25.1 Å². The average Bonchev–Trinajstić information content (AvgIpc) is 2.68. The van der Waals surface area contributed by atoms with Crippen LogP contribution in [0.15, 0.2) is 29.8 Å². The second-order valence-electron chi connectivity index (χ2n) is 5.37. The van der Waals surface area contributed by atoms with Gasteiger partial charge in [0.05, 0.1) is 0 Å². The van der Waals surface area contributed by atoms with E-state index in [1.165, 1.54) is 0 Å². The van der Waals surface area contributed by atoms with E-state index in [1.807, 2.05) is 58.2 Å². The zero-order chi connectivity index (χ0) is 15.6. The lowest BCUT2D eigenvalue weighted by Gasteiger charge is -2.07. The summed E-state index contributed by atoms with van der Waals surface area (Å²) < 4.78 is 2.07. The predicted octanol–water partition coefficient (Wildman–Crippen LogP) is 2.92. The standard InChI is InChI=1S/C17H19N3O/c1-11(2)19-17(21)13(10-18)9-15-12(3)20(4)16-8-6-5-7-14(15)16/h5-9,11H,1-4H3,(H,19,21)/b13-9-. The number of fused-ring (bicyclic) bond motifs is 1. The molecule has 0 spiro atoms. The smallest absolute Gasteiger partial charge is 0.262 e. The Bertz CT molecular complexity index is 760. The van der Waals surface area contributed by atoms with Gasteiger partial charge in [-0.15, -0.1) is 0 Å². The Hall–Kier alpha value is -2.54. The number of hydrogen-bond acceptors (Lipinski definition) is 2. The van der Waals surface area contributed by atoms with Crippen molar-refractivity contribution in [3.63, 3.8) is 0 Å². The summed E-state index contributed by atoms with van der Waals surface area (Å²) in [6.45, 7) is 5.73. The number of aryl methyl sites for hydroxylation is 1. The Morgan fingerprint density at radius 1 is 1.38 bits per heavy atom. The number of carbonyl (C=O) groups is 1. The first kappa shape index (κ1) is 14.9. The first-order chi connectivity index (χ1) is 9.95. The minimum Gasteiger partial charge on any atom is -0.349 e. The van der Waals surface area contributed by atoms with Crippen LogP contribution >= 0.6 is 0 Å². The molecule has 0 aliphatic rings. The maximum atomic E-state index is 12.0. The third-order valence-corrected chi connectivity index (χ3v) is 3.52. The van der Waals surface area contributed by atoms with Gasteiger partial charge in [-0.25, -0.2) is 0 Å². The molecule has 1 aromatic heterocycles. The first-order valence-electron chi connectivity index (χ1n) is 6.92. The van der Waals surface area contributed by atoms with Crippen LogP contribution in [0.25, 0.3) is 17.0 Å². The van der Waals surface area contributed by atoms with E-state index >= 15 is 0 Å². The molecule has 0 aliphatic carbocycles.